The van der Waals surface area contributed by atoms with E-state index in [4.69, 9.17) is 16.6 Å². The minimum absolute atomic E-state index is 0.500. The van der Waals surface area contributed by atoms with Crippen LogP contribution in [0.15, 0.2) is 34.9 Å². The molecule has 5 heteroatoms. The molecule has 0 saturated heterocycles. The van der Waals surface area contributed by atoms with E-state index in [0.29, 0.717) is 10.8 Å². The average Bonchev–Trinajstić information content (AvgIpc) is 3.02. The van der Waals surface area contributed by atoms with Gasteiger partial charge in [0.25, 0.3) is 0 Å². The fraction of sp³-hybridized carbons (Fsp3) is 0.231. The molecule has 0 unspecified atom stereocenters. The molecule has 1 saturated carbocycles. The summed E-state index contributed by atoms with van der Waals surface area (Å²) >= 11 is 5.30. The van der Waals surface area contributed by atoms with Crippen molar-refractivity contribution in [2.45, 2.75) is 18.9 Å². The predicted octanol–water partition coefficient (Wildman–Crippen LogP) is 3.69. The van der Waals surface area contributed by atoms with Crippen molar-refractivity contribution < 1.29 is 4.42 Å². The third-order valence-corrected chi connectivity index (χ3v) is 3.63. The SMILES string of the molecule is S=c1[nH]nc(-c2coc3ccccc23)n1C1CC1. The minimum Gasteiger partial charge on any atom is -0.464 e. The lowest BCUT2D eigenvalue weighted by Crippen LogP contribution is -1.96. The summed E-state index contributed by atoms with van der Waals surface area (Å²) in [5.41, 5.74) is 1.88. The van der Waals surface area contributed by atoms with Crippen molar-refractivity contribution in [1.82, 2.24) is 14.8 Å². The van der Waals surface area contributed by atoms with Gasteiger partial charge < -0.3 is 4.42 Å². The molecule has 0 atom stereocenters. The Kier molecular flexibility index (Phi) is 1.99. The highest BCUT2D eigenvalue weighted by Gasteiger charge is 2.28. The monoisotopic (exact) mass is 257 g/mol. The van der Waals surface area contributed by atoms with Gasteiger partial charge in [-0.15, -0.1) is 0 Å². The Morgan fingerprint density at radius 2 is 2.17 bits per heavy atom. The maximum atomic E-state index is 5.57. The van der Waals surface area contributed by atoms with Crippen LogP contribution in [0.2, 0.25) is 0 Å². The smallest absolute Gasteiger partial charge is 0.195 e. The van der Waals surface area contributed by atoms with Gasteiger partial charge in [-0.05, 0) is 31.1 Å². The zero-order chi connectivity index (χ0) is 12.1. The van der Waals surface area contributed by atoms with Crippen LogP contribution in [0.1, 0.15) is 18.9 Å². The van der Waals surface area contributed by atoms with Crippen LogP contribution in [0.5, 0.6) is 0 Å². The van der Waals surface area contributed by atoms with E-state index in [1.54, 1.807) is 6.26 Å². The van der Waals surface area contributed by atoms with Gasteiger partial charge in [0.15, 0.2) is 10.6 Å². The Morgan fingerprint density at radius 1 is 1.33 bits per heavy atom. The maximum absolute atomic E-state index is 5.57. The van der Waals surface area contributed by atoms with E-state index >= 15 is 0 Å². The number of nitrogens with one attached hydrogen (secondary N) is 1. The van der Waals surface area contributed by atoms with Crippen molar-refractivity contribution in [3.05, 3.63) is 35.3 Å². The number of rotatable bonds is 2. The second-order valence-corrected chi connectivity index (χ2v) is 4.99. The van der Waals surface area contributed by atoms with Gasteiger partial charge in [-0.1, -0.05) is 18.2 Å². The van der Waals surface area contributed by atoms with Gasteiger partial charge in [-0.2, -0.15) is 5.10 Å². The van der Waals surface area contributed by atoms with Gasteiger partial charge in [0.2, 0.25) is 0 Å². The fourth-order valence-corrected chi connectivity index (χ4v) is 2.60. The normalized spacial score (nSPS) is 15.3. The lowest BCUT2D eigenvalue weighted by Gasteiger charge is -2.02. The van der Waals surface area contributed by atoms with E-state index < -0.39 is 0 Å². The third-order valence-electron chi connectivity index (χ3n) is 3.34. The molecular formula is C13H11N3OS. The van der Waals surface area contributed by atoms with Crippen LogP contribution < -0.4 is 0 Å². The zero-order valence-corrected chi connectivity index (χ0v) is 10.4. The van der Waals surface area contributed by atoms with Crippen molar-refractivity contribution in [3.63, 3.8) is 0 Å². The van der Waals surface area contributed by atoms with Crippen molar-refractivity contribution >= 4 is 23.2 Å². The number of aromatic amines is 1. The second-order valence-electron chi connectivity index (χ2n) is 4.60. The molecule has 2 heterocycles. The van der Waals surface area contributed by atoms with E-state index in [1.165, 1.54) is 12.8 Å². The fourth-order valence-electron chi connectivity index (χ4n) is 2.32. The first-order chi connectivity index (χ1) is 8.84. The number of para-hydroxylation sites is 1. The molecule has 0 bridgehead atoms. The van der Waals surface area contributed by atoms with Crippen LogP contribution in [0.25, 0.3) is 22.4 Å². The Hall–Kier alpha value is -1.88. The molecule has 4 nitrogen and oxygen atoms in total. The van der Waals surface area contributed by atoms with Gasteiger partial charge in [-0.25, -0.2) is 0 Å². The minimum atomic E-state index is 0.500. The van der Waals surface area contributed by atoms with Gasteiger partial charge >= 0.3 is 0 Å². The highest BCUT2D eigenvalue weighted by atomic mass is 32.1. The van der Waals surface area contributed by atoms with Crippen LogP contribution in [0, 0.1) is 4.77 Å². The molecule has 1 aliphatic rings. The first-order valence-corrected chi connectivity index (χ1v) is 6.39. The number of nitrogens with zero attached hydrogens (tertiary/aromatic N) is 2. The summed E-state index contributed by atoms with van der Waals surface area (Å²) in [6, 6.07) is 8.47. The first kappa shape index (κ1) is 10.1. The highest BCUT2D eigenvalue weighted by Crippen LogP contribution is 2.39. The molecule has 1 aliphatic carbocycles. The molecular weight excluding hydrogens is 246 g/mol. The van der Waals surface area contributed by atoms with E-state index in [0.717, 1.165) is 22.4 Å². The Labute approximate surface area is 108 Å². The predicted molar refractivity (Wildman–Crippen MR) is 70.9 cm³/mol. The number of benzene rings is 1. The largest absolute Gasteiger partial charge is 0.464 e. The molecule has 0 aliphatic heterocycles. The zero-order valence-electron chi connectivity index (χ0n) is 9.59. The quantitative estimate of drug-likeness (QED) is 0.712. The van der Waals surface area contributed by atoms with Crippen molar-refractivity contribution in [2.24, 2.45) is 0 Å². The van der Waals surface area contributed by atoms with E-state index in [1.807, 2.05) is 24.3 Å². The van der Waals surface area contributed by atoms with Crippen LogP contribution in [0.3, 0.4) is 0 Å². The topological polar surface area (TPSA) is 46.8 Å². The molecule has 1 fully saturated rings. The Balaban J connectivity index is 2.00. The number of hydrogen-bond acceptors (Lipinski definition) is 3. The van der Waals surface area contributed by atoms with Gasteiger partial charge in [-0.3, -0.25) is 9.67 Å². The first-order valence-electron chi connectivity index (χ1n) is 5.98. The van der Waals surface area contributed by atoms with Gasteiger partial charge in [0.05, 0.1) is 5.56 Å². The summed E-state index contributed by atoms with van der Waals surface area (Å²) in [5, 5.41) is 8.32. The summed E-state index contributed by atoms with van der Waals surface area (Å²) < 4.78 is 8.36. The van der Waals surface area contributed by atoms with Crippen molar-refractivity contribution in [2.75, 3.05) is 0 Å². The number of H-pyrrole nitrogens is 1. The summed E-state index contributed by atoms with van der Waals surface area (Å²) in [5.74, 6) is 0.882. The van der Waals surface area contributed by atoms with Gasteiger partial charge in [0, 0.05) is 11.4 Å². The van der Waals surface area contributed by atoms with E-state index in [2.05, 4.69) is 14.8 Å². The molecule has 18 heavy (non-hydrogen) atoms. The van der Waals surface area contributed by atoms with Crippen LogP contribution >= 0.6 is 12.2 Å². The molecule has 1 N–H and O–H groups in total. The molecule has 0 amide bonds. The van der Waals surface area contributed by atoms with Gasteiger partial charge in [0.1, 0.15) is 11.8 Å². The third kappa shape index (κ3) is 1.37. The number of aromatic nitrogens is 3. The standard InChI is InChI=1S/C13H11N3OS/c18-13-15-14-12(16(13)8-5-6-8)10-7-17-11-4-2-1-3-9(10)11/h1-4,7-8H,5-6H2,(H,15,18). The summed E-state index contributed by atoms with van der Waals surface area (Å²) in [6.45, 7) is 0. The maximum Gasteiger partial charge on any atom is 0.195 e. The molecule has 1 aromatic carbocycles. The van der Waals surface area contributed by atoms with E-state index in [-0.39, 0.29) is 0 Å². The van der Waals surface area contributed by atoms with E-state index in [9.17, 15) is 0 Å². The molecule has 0 spiro atoms. The Morgan fingerprint density at radius 3 is 3.00 bits per heavy atom. The summed E-state index contributed by atoms with van der Waals surface area (Å²) in [4.78, 5) is 0. The molecule has 90 valence electrons. The van der Waals surface area contributed by atoms with Crippen LogP contribution in [-0.4, -0.2) is 14.8 Å². The molecule has 4 rings (SSSR count). The van der Waals surface area contributed by atoms with Crippen LogP contribution in [-0.2, 0) is 0 Å². The van der Waals surface area contributed by atoms with Crippen LogP contribution in [0.4, 0.5) is 0 Å². The van der Waals surface area contributed by atoms with Crippen molar-refractivity contribution in [1.29, 1.82) is 0 Å². The number of fused-ring (bicyclic) bond motifs is 1. The van der Waals surface area contributed by atoms with Crippen molar-refractivity contribution in [3.8, 4) is 11.4 Å². The molecule has 2 aromatic heterocycles. The summed E-state index contributed by atoms with van der Waals surface area (Å²) in [7, 11) is 0. The number of furan rings is 1. The average molecular weight is 257 g/mol. The summed E-state index contributed by atoms with van der Waals surface area (Å²) in [6.07, 6.45) is 4.11. The lowest BCUT2D eigenvalue weighted by molar-refractivity contribution is 0.615. The lowest BCUT2D eigenvalue weighted by atomic mass is 10.1. The number of hydrogen-bond donors (Lipinski definition) is 1. The molecule has 3 aromatic rings. The molecule has 0 radical (unpaired) electrons. The Bertz CT molecular complexity index is 779. The highest BCUT2D eigenvalue weighted by molar-refractivity contribution is 7.71. The second kappa shape index (κ2) is 3.55.